The van der Waals surface area contributed by atoms with Crippen LogP contribution in [0.25, 0.3) is 0 Å². The second-order valence-corrected chi connectivity index (χ2v) is 4.67. The topological polar surface area (TPSA) is 88.3 Å². The molecule has 0 radical (unpaired) electrons. The van der Waals surface area contributed by atoms with Crippen LogP contribution in [0.3, 0.4) is 0 Å². The fraction of sp³-hybridized carbons (Fsp3) is 0.583. The molecule has 2 atom stereocenters. The Morgan fingerprint density at radius 1 is 1.44 bits per heavy atom. The fourth-order valence-electron chi connectivity index (χ4n) is 2.46. The molecule has 1 fully saturated rings. The van der Waals surface area contributed by atoms with E-state index >= 15 is 0 Å². The van der Waals surface area contributed by atoms with E-state index in [0.717, 1.165) is 25.8 Å². The lowest BCUT2D eigenvalue weighted by molar-refractivity contribution is -0.385. The average molecular weight is 251 g/mol. The minimum Gasteiger partial charge on any atom is -0.396 e. The first-order valence-electron chi connectivity index (χ1n) is 6.16. The number of rotatable bonds is 5. The predicted octanol–water partition coefficient (Wildman–Crippen LogP) is 1.81. The zero-order chi connectivity index (χ0) is 13.0. The zero-order valence-corrected chi connectivity index (χ0v) is 10.1. The lowest BCUT2D eigenvalue weighted by atomic mass is 9.97. The summed E-state index contributed by atoms with van der Waals surface area (Å²) in [5, 5.41) is 22.9. The number of aromatic nitrogens is 1. The monoisotopic (exact) mass is 251 g/mol. The average Bonchev–Trinajstić information content (AvgIpc) is 2.84. The van der Waals surface area contributed by atoms with E-state index in [0.29, 0.717) is 17.7 Å². The van der Waals surface area contributed by atoms with Crippen molar-refractivity contribution in [2.24, 2.45) is 11.8 Å². The first-order chi connectivity index (χ1) is 8.70. The Labute approximate surface area is 105 Å². The van der Waals surface area contributed by atoms with Crippen LogP contribution in [-0.2, 0) is 0 Å². The minimum absolute atomic E-state index is 0.00495. The Kier molecular flexibility index (Phi) is 4.09. The molecule has 1 heterocycles. The van der Waals surface area contributed by atoms with Crippen molar-refractivity contribution in [2.45, 2.75) is 19.3 Å². The van der Waals surface area contributed by atoms with Crippen molar-refractivity contribution < 1.29 is 10.0 Å². The van der Waals surface area contributed by atoms with E-state index in [1.807, 2.05) is 0 Å². The molecule has 0 aliphatic heterocycles. The number of nitro groups is 1. The molecular formula is C12H17N3O3. The molecule has 2 unspecified atom stereocenters. The van der Waals surface area contributed by atoms with Crippen molar-refractivity contribution in [1.29, 1.82) is 0 Å². The number of pyridine rings is 1. The molecule has 0 bridgehead atoms. The van der Waals surface area contributed by atoms with Crippen LogP contribution in [0.15, 0.2) is 18.3 Å². The van der Waals surface area contributed by atoms with Crippen molar-refractivity contribution in [2.75, 3.05) is 18.5 Å². The van der Waals surface area contributed by atoms with E-state index in [2.05, 4.69) is 10.3 Å². The third-order valence-electron chi connectivity index (χ3n) is 3.56. The maximum absolute atomic E-state index is 10.5. The van der Waals surface area contributed by atoms with Gasteiger partial charge in [-0.2, -0.15) is 0 Å². The molecule has 1 aliphatic carbocycles. The van der Waals surface area contributed by atoms with Gasteiger partial charge in [-0.1, -0.05) is 6.42 Å². The second kappa shape index (κ2) is 5.77. The molecule has 1 aliphatic rings. The molecule has 0 amide bonds. The van der Waals surface area contributed by atoms with Crippen molar-refractivity contribution in [3.63, 3.8) is 0 Å². The Balaban J connectivity index is 1.88. The van der Waals surface area contributed by atoms with Gasteiger partial charge in [0.25, 0.3) is 5.69 Å². The summed E-state index contributed by atoms with van der Waals surface area (Å²) in [6.07, 6.45) is 4.60. The molecule has 2 N–H and O–H groups in total. The summed E-state index contributed by atoms with van der Waals surface area (Å²) in [6.45, 7) is 0.996. The molecular weight excluding hydrogens is 234 g/mol. The van der Waals surface area contributed by atoms with Crippen LogP contribution >= 0.6 is 0 Å². The molecule has 6 nitrogen and oxygen atoms in total. The van der Waals surface area contributed by atoms with Gasteiger partial charge in [0.2, 0.25) is 0 Å². The predicted molar refractivity (Wildman–Crippen MR) is 67.3 cm³/mol. The number of aliphatic hydroxyl groups is 1. The van der Waals surface area contributed by atoms with E-state index in [9.17, 15) is 15.2 Å². The van der Waals surface area contributed by atoms with Crippen LogP contribution in [-0.4, -0.2) is 28.2 Å². The standard InChI is InChI=1S/C12H17N3O3/c16-8-10-3-1-2-9(10)6-13-12-5-4-11(7-14-12)15(17)18/h4-5,7,9-10,16H,1-3,6,8H2,(H,13,14). The van der Waals surface area contributed by atoms with Crippen molar-refractivity contribution in [3.05, 3.63) is 28.4 Å². The number of aliphatic hydroxyl groups excluding tert-OH is 1. The molecule has 1 aromatic heterocycles. The summed E-state index contributed by atoms with van der Waals surface area (Å²) >= 11 is 0. The van der Waals surface area contributed by atoms with Crippen LogP contribution in [0.5, 0.6) is 0 Å². The first kappa shape index (κ1) is 12.8. The first-order valence-corrected chi connectivity index (χ1v) is 6.16. The Hall–Kier alpha value is -1.69. The van der Waals surface area contributed by atoms with Crippen LogP contribution in [0.2, 0.25) is 0 Å². The lowest BCUT2D eigenvalue weighted by Gasteiger charge is -2.17. The van der Waals surface area contributed by atoms with Crippen molar-refractivity contribution in [3.8, 4) is 0 Å². The van der Waals surface area contributed by atoms with Gasteiger partial charge in [-0.05, 0) is 30.7 Å². The molecule has 0 aromatic carbocycles. The van der Waals surface area contributed by atoms with Gasteiger partial charge in [0, 0.05) is 19.2 Å². The molecule has 0 spiro atoms. The van der Waals surface area contributed by atoms with E-state index in [4.69, 9.17) is 0 Å². The highest BCUT2D eigenvalue weighted by Crippen LogP contribution is 2.31. The highest BCUT2D eigenvalue weighted by molar-refractivity contribution is 5.40. The molecule has 98 valence electrons. The molecule has 1 saturated carbocycles. The largest absolute Gasteiger partial charge is 0.396 e. The molecule has 6 heteroatoms. The van der Waals surface area contributed by atoms with Crippen LogP contribution in [0, 0.1) is 22.0 Å². The fourth-order valence-corrected chi connectivity index (χ4v) is 2.46. The van der Waals surface area contributed by atoms with E-state index in [1.165, 1.54) is 12.3 Å². The SMILES string of the molecule is O=[N+]([O-])c1ccc(NCC2CCCC2CO)nc1. The van der Waals surface area contributed by atoms with Gasteiger partial charge in [0.1, 0.15) is 12.0 Å². The summed E-state index contributed by atoms with van der Waals surface area (Å²) in [7, 11) is 0. The van der Waals surface area contributed by atoms with Gasteiger partial charge in [0.05, 0.1) is 4.92 Å². The summed E-state index contributed by atoms with van der Waals surface area (Å²) < 4.78 is 0. The number of nitrogens with one attached hydrogen (secondary N) is 1. The van der Waals surface area contributed by atoms with Crippen LogP contribution in [0.1, 0.15) is 19.3 Å². The number of nitrogens with zero attached hydrogens (tertiary/aromatic N) is 2. The van der Waals surface area contributed by atoms with Crippen molar-refractivity contribution >= 4 is 11.5 Å². The van der Waals surface area contributed by atoms with Gasteiger partial charge in [0.15, 0.2) is 0 Å². The molecule has 18 heavy (non-hydrogen) atoms. The highest BCUT2D eigenvalue weighted by Gasteiger charge is 2.26. The van der Waals surface area contributed by atoms with Crippen LogP contribution in [0.4, 0.5) is 11.5 Å². The smallest absolute Gasteiger partial charge is 0.287 e. The van der Waals surface area contributed by atoms with Gasteiger partial charge in [-0.15, -0.1) is 0 Å². The number of hydrogen-bond acceptors (Lipinski definition) is 5. The number of hydrogen-bond donors (Lipinski definition) is 2. The van der Waals surface area contributed by atoms with Gasteiger partial charge in [-0.25, -0.2) is 4.98 Å². The minimum atomic E-state index is -0.463. The molecule has 2 rings (SSSR count). The normalized spacial score (nSPS) is 22.9. The zero-order valence-electron chi connectivity index (χ0n) is 10.1. The Morgan fingerprint density at radius 2 is 2.22 bits per heavy atom. The second-order valence-electron chi connectivity index (χ2n) is 4.67. The maximum Gasteiger partial charge on any atom is 0.287 e. The van der Waals surface area contributed by atoms with E-state index < -0.39 is 4.92 Å². The van der Waals surface area contributed by atoms with Gasteiger partial charge in [-0.3, -0.25) is 10.1 Å². The number of anilines is 1. The third kappa shape index (κ3) is 2.95. The van der Waals surface area contributed by atoms with E-state index in [1.54, 1.807) is 6.07 Å². The summed E-state index contributed by atoms with van der Waals surface area (Å²) in [5.41, 5.74) is -0.00495. The Bertz CT molecular complexity index is 408. The highest BCUT2D eigenvalue weighted by atomic mass is 16.6. The lowest BCUT2D eigenvalue weighted by Crippen LogP contribution is -2.21. The summed E-state index contributed by atoms with van der Waals surface area (Å²) in [4.78, 5) is 14.0. The molecule has 0 saturated heterocycles. The summed E-state index contributed by atoms with van der Waals surface area (Å²) in [6, 6.07) is 3.05. The third-order valence-corrected chi connectivity index (χ3v) is 3.56. The van der Waals surface area contributed by atoms with Gasteiger partial charge < -0.3 is 10.4 Å². The van der Waals surface area contributed by atoms with Gasteiger partial charge >= 0.3 is 0 Å². The van der Waals surface area contributed by atoms with E-state index in [-0.39, 0.29) is 12.3 Å². The summed E-state index contributed by atoms with van der Waals surface area (Å²) in [5.74, 6) is 1.48. The maximum atomic E-state index is 10.5. The Morgan fingerprint density at radius 3 is 2.83 bits per heavy atom. The quantitative estimate of drug-likeness (QED) is 0.615. The molecule has 1 aromatic rings. The van der Waals surface area contributed by atoms with Crippen LogP contribution < -0.4 is 5.32 Å². The van der Waals surface area contributed by atoms with Crippen molar-refractivity contribution in [1.82, 2.24) is 4.98 Å².